The monoisotopic (exact) mass is 405 g/mol. The smallest absolute Gasteiger partial charge is 0.234 e. The van der Waals surface area contributed by atoms with E-state index >= 15 is 0 Å². The summed E-state index contributed by atoms with van der Waals surface area (Å²) in [5.41, 5.74) is 2.43. The third kappa shape index (κ3) is 7.43. The van der Waals surface area contributed by atoms with Gasteiger partial charge in [0.25, 0.3) is 0 Å². The zero-order valence-corrected chi connectivity index (χ0v) is 18.3. The fraction of sp³-hybridized carbons (Fsp3) is 0.423. The Kier molecular flexibility index (Phi) is 8.66. The molecule has 0 unspecified atom stereocenters. The first-order valence-electron chi connectivity index (χ1n) is 11.1. The van der Waals surface area contributed by atoms with Gasteiger partial charge < -0.3 is 5.32 Å². The summed E-state index contributed by atoms with van der Waals surface area (Å²) in [6.07, 6.45) is 5.36. The lowest BCUT2D eigenvalue weighted by Crippen LogP contribution is -2.49. The number of nitrogens with zero attached hydrogens (tertiary/aromatic N) is 2. The molecule has 2 aromatic carbocycles. The summed E-state index contributed by atoms with van der Waals surface area (Å²) < 4.78 is 0. The Labute approximate surface area is 181 Å². The number of carbonyl (C=O) groups is 1. The van der Waals surface area contributed by atoms with E-state index in [0.29, 0.717) is 12.5 Å². The van der Waals surface area contributed by atoms with E-state index in [4.69, 9.17) is 0 Å². The molecular weight excluding hydrogens is 370 g/mol. The van der Waals surface area contributed by atoms with Crippen LogP contribution in [0.2, 0.25) is 0 Å². The lowest BCUT2D eigenvalue weighted by molar-refractivity contribution is -0.123. The molecule has 0 aromatic heterocycles. The van der Waals surface area contributed by atoms with Crippen LogP contribution in [0.25, 0.3) is 6.08 Å². The van der Waals surface area contributed by atoms with Crippen LogP contribution >= 0.6 is 0 Å². The highest BCUT2D eigenvalue weighted by atomic mass is 16.2. The maximum Gasteiger partial charge on any atom is 0.234 e. The summed E-state index contributed by atoms with van der Waals surface area (Å²) in [7, 11) is 0. The number of piperazine rings is 1. The van der Waals surface area contributed by atoms with Crippen LogP contribution in [-0.2, 0) is 4.79 Å². The molecule has 0 radical (unpaired) electrons. The van der Waals surface area contributed by atoms with Crippen LogP contribution in [0.4, 0.5) is 0 Å². The van der Waals surface area contributed by atoms with Crippen molar-refractivity contribution in [1.29, 1.82) is 0 Å². The molecular formula is C26H35N3O. The fourth-order valence-electron chi connectivity index (χ4n) is 3.91. The molecule has 2 aromatic rings. The third-order valence-electron chi connectivity index (χ3n) is 5.55. The predicted octanol–water partition coefficient (Wildman–Crippen LogP) is 4.22. The molecule has 4 nitrogen and oxygen atoms in total. The van der Waals surface area contributed by atoms with Gasteiger partial charge in [-0.1, -0.05) is 86.7 Å². The highest BCUT2D eigenvalue weighted by Crippen LogP contribution is 2.21. The summed E-state index contributed by atoms with van der Waals surface area (Å²) in [6, 6.07) is 20.8. The Morgan fingerprint density at radius 3 is 2.17 bits per heavy atom. The molecule has 3 rings (SSSR count). The van der Waals surface area contributed by atoms with Crippen molar-refractivity contribution in [2.24, 2.45) is 5.92 Å². The van der Waals surface area contributed by atoms with Crippen molar-refractivity contribution < 1.29 is 4.79 Å². The summed E-state index contributed by atoms with van der Waals surface area (Å²) in [6.45, 7) is 9.72. The largest absolute Gasteiger partial charge is 0.348 e. The predicted molar refractivity (Wildman–Crippen MR) is 125 cm³/mol. The topological polar surface area (TPSA) is 35.6 Å². The minimum Gasteiger partial charge on any atom is -0.348 e. The lowest BCUT2D eigenvalue weighted by atomic mass is 9.97. The number of benzene rings is 2. The number of hydrogen-bond donors (Lipinski definition) is 1. The molecule has 160 valence electrons. The van der Waals surface area contributed by atoms with E-state index in [1.165, 1.54) is 11.1 Å². The number of nitrogens with one attached hydrogen (secondary N) is 1. The molecule has 1 atom stereocenters. The van der Waals surface area contributed by atoms with E-state index < -0.39 is 0 Å². The van der Waals surface area contributed by atoms with Gasteiger partial charge in [-0.2, -0.15) is 0 Å². The van der Waals surface area contributed by atoms with Gasteiger partial charge in [0.1, 0.15) is 0 Å². The van der Waals surface area contributed by atoms with Gasteiger partial charge in [0.2, 0.25) is 5.91 Å². The Balaban J connectivity index is 1.42. The van der Waals surface area contributed by atoms with E-state index in [0.717, 1.165) is 39.1 Å². The molecule has 1 fully saturated rings. The van der Waals surface area contributed by atoms with Gasteiger partial charge in [0.05, 0.1) is 12.6 Å². The molecule has 1 N–H and O–H groups in total. The second-order valence-electron chi connectivity index (χ2n) is 8.55. The van der Waals surface area contributed by atoms with Crippen LogP contribution in [0.3, 0.4) is 0 Å². The van der Waals surface area contributed by atoms with E-state index in [9.17, 15) is 4.79 Å². The third-order valence-corrected chi connectivity index (χ3v) is 5.55. The number of hydrogen-bond acceptors (Lipinski definition) is 3. The zero-order chi connectivity index (χ0) is 21.2. The summed E-state index contributed by atoms with van der Waals surface area (Å²) >= 11 is 0. The minimum absolute atomic E-state index is 0.0862. The van der Waals surface area contributed by atoms with E-state index in [1.807, 2.05) is 24.3 Å². The van der Waals surface area contributed by atoms with Crippen LogP contribution in [0.1, 0.15) is 37.4 Å². The Hall–Kier alpha value is -2.43. The Morgan fingerprint density at radius 1 is 0.933 bits per heavy atom. The van der Waals surface area contributed by atoms with Gasteiger partial charge in [-0.3, -0.25) is 14.6 Å². The molecule has 1 aliphatic heterocycles. The Bertz CT molecular complexity index is 780. The first-order valence-corrected chi connectivity index (χ1v) is 11.1. The second-order valence-corrected chi connectivity index (χ2v) is 8.55. The van der Waals surface area contributed by atoms with Crippen molar-refractivity contribution in [3.63, 3.8) is 0 Å². The van der Waals surface area contributed by atoms with Crippen LogP contribution in [-0.4, -0.2) is 55.0 Å². The van der Waals surface area contributed by atoms with Gasteiger partial charge in [-0.25, -0.2) is 0 Å². The average molecular weight is 406 g/mol. The van der Waals surface area contributed by atoms with Crippen LogP contribution in [0.5, 0.6) is 0 Å². The molecule has 0 spiro atoms. The number of carbonyl (C=O) groups excluding carboxylic acids is 1. The van der Waals surface area contributed by atoms with E-state index in [-0.39, 0.29) is 11.9 Å². The van der Waals surface area contributed by atoms with E-state index in [1.54, 1.807) is 0 Å². The molecule has 1 aliphatic rings. The molecule has 1 heterocycles. The first-order chi connectivity index (χ1) is 14.6. The molecule has 0 saturated carbocycles. The van der Waals surface area contributed by atoms with Gasteiger partial charge in [-0.15, -0.1) is 0 Å². The SMILES string of the molecule is CC(C)C[C@H](NC(=O)CN1CCN(C/C=C/c2ccccc2)CC1)c1ccccc1. The quantitative estimate of drug-likeness (QED) is 0.678. The minimum atomic E-state index is 0.0862. The zero-order valence-electron chi connectivity index (χ0n) is 18.3. The highest BCUT2D eigenvalue weighted by Gasteiger charge is 2.21. The highest BCUT2D eigenvalue weighted by molar-refractivity contribution is 5.78. The molecule has 1 saturated heterocycles. The molecule has 1 amide bonds. The summed E-state index contributed by atoms with van der Waals surface area (Å²) in [5, 5.41) is 3.27. The maximum atomic E-state index is 12.7. The van der Waals surface area contributed by atoms with Gasteiger partial charge in [0.15, 0.2) is 0 Å². The van der Waals surface area contributed by atoms with Crippen molar-refractivity contribution in [3.05, 3.63) is 77.9 Å². The standard InChI is InChI=1S/C26H35N3O/c1-22(2)20-25(24-13-7-4-8-14-24)27-26(30)21-29-18-16-28(17-19-29)15-9-12-23-10-5-3-6-11-23/h3-14,22,25H,15-21H2,1-2H3,(H,27,30)/b12-9+/t25-/m0/s1. The van der Waals surface area contributed by atoms with Crippen molar-refractivity contribution in [2.45, 2.75) is 26.3 Å². The first kappa shape index (κ1) is 22.3. The van der Waals surface area contributed by atoms with Crippen LogP contribution in [0, 0.1) is 5.92 Å². The van der Waals surface area contributed by atoms with Crippen LogP contribution < -0.4 is 5.32 Å². The maximum absolute atomic E-state index is 12.7. The number of amides is 1. The number of rotatable bonds is 9. The van der Waals surface area contributed by atoms with Gasteiger partial charge >= 0.3 is 0 Å². The molecule has 0 aliphatic carbocycles. The molecule has 0 bridgehead atoms. The molecule has 30 heavy (non-hydrogen) atoms. The van der Waals surface area contributed by atoms with Crippen molar-refractivity contribution in [3.8, 4) is 0 Å². The summed E-state index contributed by atoms with van der Waals surface area (Å²) in [5.74, 6) is 0.657. The molecule has 4 heteroatoms. The van der Waals surface area contributed by atoms with Crippen molar-refractivity contribution >= 4 is 12.0 Å². The van der Waals surface area contributed by atoms with E-state index in [2.05, 4.69) is 77.5 Å². The van der Waals surface area contributed by atoms with Crippen molar-refractivity contribution in [1.82, 2.24) is 15.1 Å². The van der Waals surface area contributed by atoms with Gasteiger partial charge in [-0.05, 0) is 23.5 Å². The average Bonchev–Trinajstić information content (AvgIpc) is 2.75. The fourth-order valence-corrected chi connectivity index (χ4v) is 3.91. The van der Waals surface area contributed by atoms with Crippen LogP contribution in [0.15, 0.2) is 66.7 Å². The second kappa shape index (κ2) is 11.7. The Morgan fingerprint density at radius 2 is 1.53 bits per heavy atom. The normalized spacial score (nSPS) is 16.8. The summed E-state index contributed by atoms with van der Waals surface area (Å²) in [4.78, 5) is 17.4. The lowest BCUT2D eigenvalue weighted by Gasteiger charge is -2.34. The van der Waals surface area contributed by atoms with Gasteiger partial charge in [0, 0.05) is 32.7 Å². The van der Waals surface area contributed by atoms with Crippen molar-refractivity contribution in [2.75, 3.05) is 39.3 Å².